The zero-order chi connectivity index (χ0) is 12.9. The Morgan fingerprint density at radius 3 is 2.53 bits per heavy atom. The molecule has 1 fully saturated rings. The summed E-state index contributed by atoms with van der Waals surface area (Å²) in [6.45, 7) is 4.72. The SMILES string of the molecule is CC1(C)CCCC(OCCCO)(C(=O)O)CC1. The van der Waals surface area contributed by atoms with E-state index in [1.807, 2.05) is 0 Å². The first-order valence-corrected chi connectivity index (χ1v) is 6.40. The molecule has 1 aliphatic rings. The van der Waals surface area contributed by atoms with Gasteiger partial charge in [-0.1, -0.05) is 13.8 Å². The van der Waals surface area contributed by atoms with Crippen LogP contribution in [-0.4, -0.2) is 35.0 Å². The van der Waals surface area contributed by atoms with Crippen molar-refractivity contribution in [3.63, 3.8) is 0 Å². The summed E-state index contributed by atoms with van der Waals surface area (Å²) in [5.41, 5.74) is -0.819. The van der Waals surface area contributed by atoms with E-state index >= 15 is 0 Å². The van der Waals surface area contributed by atoms with Crippen molar-refractivity contribution in [1.29, 1.82) is 0 Å². The Kier molecular flexibility index (Phi) is 4.95. The van der Waals surface area contributed by atoms with Gasteiger partial charge in [-0.25, -0.2) is 4.79 Å². The normalized spacial score (nSPS) is 28.6. The zero-order valence-corrected chi connectivity index (χ0v) is 10.9. The third kappa shape index (κ3) is 3.96. The van der Waals surface area contributed by atoms with Crippen LogP contribution >= 0.6 is 0 Å². The van der Waals surface area contributed by atoms with E-state index in [1.54, 1.807) is 0 Å². The highest BCUT2D eigenvalue weighted by atomic mass is 16.5. The van der Waals surface area contributed by atoms with Crippen LogP contribution < -0.4 is 0 Å². The molecule has 4 heteroatoms. The summed E-state index contributed by atoms with van der Waals surface area (Å²) in [6.07, 6.45) is 4.46. The molecule has 0 spiro atoms. The second-order valence-corrected chi connectivity index (χ2v) is 5.74. The second kappa shape index (κ2) is 5.83. The molecule has 17 heavy (non-hydrogen) atoms. The predicted octanol–water partition coefficient (Wildman–Crippen LogP) is 2.20. The van der Waals surface area contributed by atoms with Gasteiger partial charge < -0.3 is 14.9 Å². The molecule has 0 heterocycles. The highest BCUT2D eigenvalue weighted by Crippen LogP contribution is 2.40. The van der Waals surface area contributed by atoms with Gasteiger partial charge in [0.15, 0.2) is 5.60 Å². The van der Waals surface area contributed by atoms with E-state index < -0.39 is 11.6 Å². The molecule has 1 aliphatic carbocycles. The van der Waals surface area contributed by atoms with Crippen molar-refractivity contribution >= 4 is 5.97 Å². The monoisotopic (exact) mass is 244 g/mol. The van der Waals surface area contributed by atoms with Crippen LogP contribution in [0.15, 0.2) is 0 Å². The minimum absolute atomic E-state index is 0.0428. The van der Waals surface area contributed by atoms with Crippen LogP contribution in [0.5, 0.6) is 0 Å². The van der Waals surface area contributed by atoms with E-state index in [0.717, 1.165) is 19.3 Å². The standard InChI is InChI=1S/C13H24O4/c1-12(2)5-3-6-13(8-7-12,11(15)16)17-10-4-9-14/h14H,3-10H2,1-2H3,(H,15,16). The Morgan fingerprint density at radius 2 is 1.94 bits per heavy atom. The average molecular weight is 244 g/mol. The predicted molar refractivity (Wildman–Crippen MR) is 64.9 cm³/mol. The number of carbonyl (C=O) groups is 1. The summed E-state index contributed by atoms with van der Waals surface area (Å²) < 4.78 is 5.59. The van der Waals surface area contributed by atoms with Gasteiger partial charge in [-0.05, 0) is 43.9 Å². The summed E-state index contributed by atoms with van der Waals surface area (Å²) in [5.74, 6) is -0.854. The summed E-state index contributed by atoms with van der Waals surface area (Å²) in [5, 5.41) is 18.1. The first-order valence-electron chi connectivity index (χ1n) is 6.40. The van der Waals surface area contributed by atoms with Crippen molar-refractivity contribution in [2.75, 3.05) is 13.2 Å². The highest BCUT2D eigenvalue weighted by molar-refractivity contribution is 5.77. The first-order chi connectivity index (χ1) is 7.92. The molecule has 1 rings (SSSR count). The number of aliphatic carboxylic acids is 1. The first kappa shape index (κ1) is 14.5. The molecule has 0 radical (unpaired) electrons. The zero-order valence-electron chi connectivity index (χ0n) is 10.9. The van der Waals surface area contributed by atoms with Gasteiger partial charge in [0.05, 0.1) is 6.61 Å². The molecule has 0 aromatic rings. The largest absolute Gasteiger partial charge is 0.479 e. The maximum absolute atomic E-state index is 11.4. The highest BCUT2D eigenvalue weighted by Gasteiger charge is 2.42. The number of carboxylic acid groups (broad SMARTS) is 1. The van der Waals surface area contributed by atoms with Gasteiger partial charge in [0.25, 0.3) is 0 Å². The third-order valence-electron chi connectivity index (χ3n) is 3.71. The van der Waals surface area contributed by atoms with Crippen LogP contribution in [0.1, 0.15) is 52.4 Å². The van der Waals surface area contributed by atoms with E-state index in [4.69, 9.17) is 9.84 Å². The minimum atomic E-state index is -1.02. The second-order valence-electron chi connectivity index (χ2n) is 5.74. The quantitative estimate of drug-likeness (QED) is 0.574. The molecule has 0 aliphatic heterocycles. The van der Waals surface area contributed by atoms with Crippen LogP contribution in [0.3, 0.4) is 0 Å². The molecule has 0 saturated heterocycles. The number of ether oxygens (including phenoxy) is 1. The maximum Gasteiger partial charge on any atom is 0.335 e. The van der Waals surface area contributed by atoms with Crippen molar-refractivity contribution in [3.05, 3.63) is 0 Å². The van der Waals surface area contributed by atoms with Gasteiger partial charge in [0.2, 0.25) is 0 Å². The summed E-state index contributed by atoms with van der Waals surface area (Å²) in [7, 11) is 0. The fourth-order valence-electron chi connectivity index (χ4n) is 2.39. The Balaban J connectivity index is 2.67. The summed E-state index contributed by atoms with van der Waals surface area (Å²) >= 11 is 0. The molecule has 1 saturated carbocycles. The fraction of sp³-hybridized carbons (Fsp3) is 0.923. The Bertz CT molecular complexity index is 262. The van der Waals surface area contributed by atoms with Crippen LogP contribution in [0.4, 0.5) is 0 Å². The lowest BCUT2D eigenvalue weighted by atomic mass is 9.84. The van der Waals surface area contributed by atoms with E-state index in [9.17, 15) is 9.90 Å². The molecular formula is C13H24O4. The van der Waals surface area contributed by atoms with E-state index in [0.29, 0.717) is 25.9 Å². The van der Waals surface area contributed by atoms with Crippen molar-refractivity contribution in [3.8, 4) is 0 Å². The maximum atomic E-state index is 11.4. The number of rotatable bonds is 5. The smallest absolute Gasteiger partial charge is 0.335 e. The van der Waals surface area contributed by atoms with Crippen molar-refractivity contribution < 1.29 is 19.7 Å². The van der Waals surface area contributed by atoms with Crippen LogP contribution in [0.2, 0.25) is 0 Å². The molecular weight excluding hydrogens is 220 g/mol. The lowest BCUT2D eigenvalue weighted by molar-refractivity contribution is -0.168. The third-order valence-corrected chi connectivity index (χ3v) is 3.71. The lowest BCUT2D eigenvalue weighted by Gasteiger charge is -2.29. The number of hydrogen-bond donors (Lipinski definition) is 2. The molecule has 1 atom stereocenters. The van der Waals surface area contributed by atoms with Gasteiger partial charge in [-0.3, -0.25) is 0 Å². The average Bonchev–Trinajstić information content (AvgIpc) is 2.39. The van der Waals surface area contributed by atoms with Gasteiger partial charge in [0.1, 0.15) is 0 Å². The van der Waals surface area contributed by atoms with Crippen molar-refractivity contribution in [2.45, 2.75) is 58.0 Å². The molecule has 0 aromatic heterocycles. The van der Waals surface area contributed by atoms with Gasteiger partial charge in [-0.15, -0.1) is 0 Å². The number of hydrogen-bond acceptors (Lipinski definition) is 3. The summed E-state index contributed by atoms with van der Waals surface area (Å²) in [4.78, 5) is 11.4. The fourth-order valence-corrected chi connectivity index (χ4v) is 2.39. The topological polar surface area (TPSA) is 66.8 Å². The van der Waals surface area contributed by atoms with E-state index in [2.05, 4.69) is 13.8 Å². The Morgan fingerprint density at radius 1 is 1.24 bits per heavy atom. The van der Waals surface area contributed by atoms with E-state index in [-0.39, 0.29) is 12.0 Å². The molecule has 4 nitrogen and oxygen atoms in total. The van der Waals surface area contributed by atoms with Gasteiger partial charge in [0, 0.05) is 6.61 Å². The van der Waals surface area contributed by atoms with Gasteiger partial charge in [-0.2, -0.15) is 0 Å². The molecule has 0 bridgehead atoms. The molecule has 100 valence electrons. The minimum Gasteiger partial charge on any atom is -0.479 e. The lowest BCUT2D eigenvalue weighted by Crippen LogP contribution is -2.41. The van der Waals surface area contributed by atoms with Crippen LogP contribution in [-0.2, 0) is 9.53 Å². The van der Waals surface area contributed by atoms with Crippen LogP contribution in [0.25, 0.3) is 0 Å². The number of aliphatic hydroxyl groups excluding tert-OH is 1. The van der Waals surface area contributed by atoms with E-state index in [1.165, 1.54) is 0 Å². The molecule has 0 amide bonds. The summed E-state index contributed by atoms with van der Waals surface area (Å²) in [6, 6.07) is 0. The Hall–Kier alpha value is -0.610. The molecule has 0 aromatic carbocycles. The van der Waals surface area contributed by atoms with Crippen molar-refractivity contribution in [1.82, 2.24) is 0 Å². The molecule has 2 N–H and O–H groups in total. The number of carboxylic acids is 1. The number of aliphatic hydroxyl groups is 1. The Labute approximate surface area is 103 Å². The molecule has 1 unspecified atom stereocenters. The van der Waals surface area contributed by atoms with Gasteiger partial charge >= 0.3 is 5.97 Å². The van der Waals surface area contributed by atoms with Crippen LogP contribution in [0, 0.1) is 5.41 Å². The van der Waals surface area contributed by atoms with Crippen molar-refractivity contribution in [2.24, 2.45) is 5.41 Å².